The first-order valence-corrected chi connectivity index (χ1v) is 16.6. The van der Waals surface area contributed by atoms with Crippen LogP contribution >= 0.6 is 0 Å². The number of ether oxygens (including phenoxy) is 1. The molecular formula is C40H43N2O4+. The standard InChI is InChI=1S/C40H43N2O4/c1-6-11-22-44-32-19-16-29-23-35(40(43)46-36(29)26-32)27-12-14-28(15-13-27)39-33-20-17-30(41(7-2)8-3)24-37(33)45-38-25-31(18-21-34(38)39)42(9-4)10-5/h12-21,23-26H,6-11,22H2,1-5H3/q+1. The molecule has 0 fully saturated rings. The Kier molecular flexibility index (Phi) is 9.25. The molecule has 1 aliphatic heterocycles. The number of rotatable bonds is 11. The van der Waals surface area contributed by atoms with E-state index in [0.717, 1.165) is 94.4 Å². The normalized spacial score (nSPS) is 11.4. The minimum atomic E-state index is -0.367. The molecule has 2 heterocycles. The molecule has 46 heavy (non-hydrogen) atoms. The van der Waals surface area contributed by atoms with Crippen LogP contribution in [0.1, 0.15) is 47.5 Å². The zero-order chi connectivity index (χ0) is 32.2. The Morgan fingerprint density at radius 2 is 1.48 bits per heavy atom. The van der Waals surface area contributed by atoms with Gasteiger partial charge in [-0.15, -0.1) is 0 Å². The topological polar surface area (TPSA) is 58.8 Å². The molecule has 4 aromatic rings. The Morgan fingerprint density at radius 1 is 0.717 bits per heavy atom. The molecule has 0 spiro atoms. The molecule has 3 aromatic carbocycles. The van der Waals surface area contributed by atoms with Crippen molar-refractivity contribution in [2.75, 3.05) is 37.7 Å². The van der Waals surface area contributed by atoms with Gasteiger partial charge in [0.2, 0.25) is 5.36 Å². The van der Waals surface area contributed by atoms with Gasteiger partial charge in [-0.2, -0.15) is 0 Å². The predicted octanol–water partition coefficient (Wildman–Crippen LogP) is 8.82. The van der Waals surface area contributed by atoms with Crippen LogP contribution in [0.15, 0.2) is 98.6 Å². The Labute approximate surface area is 270 Å². The molecule has 0 amide bonds. The van der Waals surface area contributed by atoms with E-state index in [0.29, 0.717) is 23.5 Å². The van der Waals surface area contributed by atoms with Crippen molar-refractivity contribution in [2.45, 2.75) is 47.5 Å². The lowest BCUT2D eigenvalue weighted by atomic mass is 9.92. The first kappa shape index (κ1) is 31.2. The van der Waals surface area contributed by atoms with Gasteiger partial charge in [-0.1, -0.05) is 37.6 Å². The number of unbranched alkanes of at least 4 members (excludes halogenated alkanes) is 1. The van der Waals surface area contributed by atoms with Gasteiger partial charge in [-0.05, 0) is 81.6 Å². The third kappa shape index (κ3) is 6.04. The van der Waals surface area contributed by atoms with Crippen LogP contribution in [0.2, 0.25) is 0 Å². The number of nitrogens with zero attached hydrogens (tertiary/aromatic N) is 2. The molecule has 1 aliphatic carbocycles. The molecule has 6 heteroatoms. The van der Waals surface area contributed by atoms with Crippen molar-refractivity contribution in [1.29, 1.82) is 0 Å². The molecule has 0 N–H and O–H groups in total. The molecule has 236 valence electrons. The van der Waals surface area contributed by atoms with E-state index < -0.39 is 0 Å². The highest BCUT2D eigenvalue weighted by Crippen LogP contribution is 2.41. The highest BCUT2D eigenvalue weighted by molar-refractivity contribution is 6.02. The maximum atomic E-state index is 13.2. The number of anilines is 1. The van der Waals surface area contributed by atoms with E-state index in [-0.39, 0.29) is 5.63 Å². The van der Waals surface area contributed by atoms with Crippen LogP contribution in [-0.4, -0.2) is 32.8 Å². The van der Waals surface area contributed by atoms with Gasteiger partial charge in [-0.25, -0.2) is 9.37 Å². The van der Waals surface area contributed by atoms with Crippen molar-refractivity contribution < 1.29 is 13.6 Å². The molecule has 0 saturated heterocycles. The summed E-state index contributed by atoms with van der Waals surface area (Å²) >= 11 is 0. The average Bonchev–Trinajstić information content (AvgIpc) is 3.08. The van der Waals surface area contributed by atoms with Gasteiger partial charge in [0.15, 0.2) is 0 Å². The average molecular weight is 616 g/mol. The van der Waals surface area contributed by atoms with Crippen LogP contribution in [-0.2, 0) is 0 Å². The summed E-state index contributed by atoms with van der Waals surface area (Å²) in [6.45, 7) is 15.2. The lowest BCUT2D eigenvalue weighted by molar-refractivity contribution is 0.309. The summed E-state index contributed by atoms with van der Waals surface area (Å²) in [5.41, 5.74) is 6.71. The number of hydrogen-bond donors (Lipinski definition) is 0. The molecular weight excluding hydrogens is 572 g/mol. The van der Waals surface area contributed by atoms with Crippen LogP contribution in [0.4, 0.5) is 5.69 Å². The molecule has 2 aliphatic rings. The van der Waals surface area contributed by atoms with Gasteiger partial charge in [0.25, 0.3) is 0 Å². The van der Waals surface area contributed by atoms with Gasteiger partial charge >= 0.3 is 5.63 Å². The highest BCUT2D eigenvalue weighted by atomic mass is 16.5. The fourth-order valence-corrected chi connectivity index (χ4v) is 6.28. The van der Waals surface area contributed by atoms with E-state index in [1.54, 1.807) is 6.07 Å². The lowest BCUT2D eigenvalue weighted by Crippen LogP contribution is -2.29. The van der Waals surface area contributed by atoms with Crippen molar-refractivity contribution in [2.24, 2.45) is 0 Å². The highest BCUT2D eigenvalue weighted by Gasteiger charge is 2.20. The van der Waals surface area contributed by atoms with Crippen molar-refractivity contribution in [1.82, 2.24) is 4.58 Å². The third-order valence-corrected chi connectivity index (χ3v) is 8.90. The zero-order valence-electron chi connectivity index (χ0n) is 27.6. The SMILES string of the molecule is CCCCOc1ccc2cc(-c3ccc(-c4c5ccc(=[N+](CC)CC)cc-5oc5cc(N(CC)CC)ccc45)cc3)c(=O)oc2c1. The number of benzene rings is 4. The first-order valence-electron chi connectivity index (χ1n) is 16.6. The van der Waals surface area contributed by atoms with Crippen molar-refractivity contribution in [3.8, 4) is 39.3 Å². The molecule has 0 bridgehead atoms. The fraction of sp³-hybridized carbons (Fsp3) is 0.300. The summed E-state index contributed by atoms with van der Waals surface area (Å²) in [5, 5.41) is 3.05. The third-order valence-electron chi connectivity index (χ3n) is 8.90. The summed E-state index contributed by atoms with van der Waals surface area (Å²) in [7, 11) is 0. The predicted molar refractivity (Wildman–Crippen MR) is 190 cm³/mol. The van der Waals surface area contributed by atoms with Crippen LogP contribution in [0.3, 0.4) is 0 Å². The van der Waals surface area contributed by atoms with Gasteiger partial charge in [0.05, 0.1) is 18.2 Å². The summed E-state index contributed by atoms with van der Waals surface area (Å²) in [4.78, 5) is 15.5. The maximum Gasteiger partial charge on any atom is 0.344 e. The Bertz CT molecular complexity index is 2080. The van der Waals surface area contributed by atoms with Crippen LogP contribution < -0.4 is 25.2 Å². The van der Waals surface area contributed by atoms with E-state index >= 15 is 0 Å². The van der Waals surface area contributed by atoms with E-state index in [1.807, 2.05) is 30.3 Å². The zero-order valence-corrected chi connectivity index (χ0v) is 27.6. The monoisotopic (exact) mass is 615 g/mol. The minimum Gasteiger partial charge on any atom is -0.493 e. The fourth-order valence-electron chi connectivity index (χ4n) is 6.28. The van der Waals surface area contributed by atoms with Gasteiger partial charge in [0.1, 0.15) is 35.8 Å². The Morgan fingerprint density at radius 3 is 2.20 bits per heavy atom. The van der Waals surface area contributed by atoms with Gasteiger partial charge < -0.3 is 18.5 Å². The lowest BCUT2D eigenvalue weighted by Gasteiger charge is -2.22. The number of hydrogen-bond acceptors (Lipinski definition) is 5. The molecule has 6 rings (SSSR count). The van der Waals surface area contributed by atoms with E-state index in [4.69, 9.17) is 13.6 Å². The second-order valence-corrected chi connectivity index (χ2v) is 11.6. The molecule has 0 atom stereocenters. The quantitative estimate of drug-likeness (QED) is 0.0631. The van der Waals surface area contributed by atoms with Gasteiger partial charge in [-0.3, -0.25) is 0 Å². The molecule has 0 radical (unpaired) electrons. The first-order chi connectivity index (χ1) is 22.5. The van der Waals surface area contributed by atoms with E-state index in [2.05, 4.69) is 92.6 Å². The van der Waals surface area contributed by atoms with E-state index in [9.17, 15) is 4.79 Å². The molecule has 0 unspecified atom stereocenters. The Balaban J connectivity index is 1.45. The van der Waals surface area contributed by atoms with Crippen molar-refractivity contribution in [3.63, 3.8) is 0 Å². The summed E-state index contributed by atoms with van der Waals surface area (Å²) in [6, 6.07) is 28.8. The summed E-state index contributed by atoms with van der Waals surface area (Å²) in [5.74, 6) is 1.56. The second-order valence-electron chi connectivity index (χ2n) is 11.6. The van der Waals surface area contributed by atoms with Gasteiger partial charge in [0, 0.05) is 58.9 Å². The van der Waals surface area contributed by atoms with Crippen LogP contribution in [0.25, 0.3) is 55.5 Å². The summed E-state index contributed by atoms with van der Waals surface area (Å²) in [6.07, 6.45) is 2.04. The maximum absolute atomic E-state index is 13.2. The largest absolute Gasteiger partial charge is 0.493 e. The molecule has 6 nitrogen and oxygen atoms in total. The summed E-state index contributed by atoms with van der Waals surface area (Å²) < 4.78 is 20.5. The van der Waals surface area contributed by atoms with Crippen LogP contribution in [0, 0.1) is 0 Å². The van der Waals surface area contributed by atoms with Crippen molar-refractivity contribution >= 4 is 27.6 Å². The minimum absolute atomic E-state index is 0.367. The smallest absolute Gasteiger partial charge is 0.344 e. The van der Waals surface area contributed by atoms with E-state index in [1.165, 1.54) is 0 Å². The molecule has 1 aromatic heterocycles. The van der Waals surface area contributed by atoms with Crippen LogP contribution in [0.5, 0.6) is 5.75 Å². The number of fused-ring (bicyclic) bond motifs is 3. The second kappa shape index (κ2) is 13.7. The molecule has 0 saturated carbocycles. The van der Waals surface area contributed by atoms with Crippen molar-refractivity contribution in [3.05, 3.63) is 101 Å². The Hall–Kier alpha value is -4.84.